The van der Waals surface area contributed by atoms with Crippen molar-refractivity contribution < 1.29 is 14.6 Å². The van der Waals surface area contributed by atoms with E-state index in [1.807, 2.05) is 12.3 Å². The zero-order chi connectivity index (χ0) is 19.3. The van der Waals surface area contributed by atoms with Crippen LogP contribution in [-0.4, -0.2) is 33.0 Å². The van der Waals surface area contributed by atoms with Crippen LogP contribution in [0, 0.1) is 0 Å². The molecular weight excluding hydrogens is 352 g/mol. The quantitative estimate of drug-likeness (QED) is 0.527. The Kier molecular flexibility index (Phi) is 6.44. The van der Waals surface area contributed by atoms with Crippen molar-refractivity contribution >= 4 is 35.0 Å². The molecule has 1 aromatic carbocycles. The number of carbonyl (C=O) groups is 1. The van der Waals surface area contributed by atoms with Crippen LogP contribution in [0.4, 0.5) is 22.0 Å². The van der Waals surface area contributed by atoms with E-state index in [9.17, 15) is 9.90 Å². The van der Waals surface area contributed by atoms with Crippen molar-refractivity contribution in [2.24, 2.45) is 0 Å². The molecule has 140 valence electrons. The van der Waals surface area contributed by atoms with Crippen LogP contribution in [0.15, 0.2) is 35.6 Å². The van der Waals surface area contributed by atoms with Gasteiger partial charge in [0.1, 0.15) is 11.4 Å². The Hall–Kier alpha value is -2.32. The van der Waals surface area contributed by atoms with Crippen LogP contribution in [0.1, 0.15) is 39.4 Å². The third-order valence-corrected chi connectivity index (χ3v) is 3.76. The summed E-state index contributed by atoms with van der Waals surface area (Å²) in [7, 11) is 0. The predicted molar refractivity (Wildman–Crippen MR) is 104 cm³/mol. The van der Waals surface area contributed by atoms with Gasteiger partial charge in [0.15, 0.2) is 5.16 Å². The molecule has 1 atom stereocenters. The lowest BCUT2D eigenvalue weighted by atomic mass is 10.2. The van der Waals surface area contributed by atoms with Gasteiger partial charge in [-0.15, -0.1) is 0 Å². The maximum Gasteiger partial charge on any atom is 0.412 e. The van der Waals surface area contributed by atoms with Gasteiger partial charge in [-0.2, -0.15) is 0 Å². The normalized spacial score (nSPS) is 12.4. The van der Waals surface area contributed by atoms with Crippen molar-refractivity contribution in [1.29, 1.82) is 0 Å². The van der Waals surface area contributed by atoms with E-state index < -0.39 is 17.8 Å². The van der Waals surface area contributed by atoms with Crippen LogP contribution in [0.25, 0.3) is 0 Å². The summed E-state index contributed by atoms with van der Waals surface area (Å²) in [6, 6.07) is 7.16. The molecule has 0 fully saturated rings. The van der Waals surface area contributed by atoms with E-state index >= 15 is 0 Å². The molecule has 1 heterocycles. The fourth-order valence-corrected chi connectivity index (χ4v) is 2.45. The highest BCUT2D eigenvalue weighted by Crippen LogP contribution is 2.26. The molecule has 0 aliphatic carbocycles. The second kappa shape index (κ2) is 8.37. The highest BCUT2D eigenvalue weighted by Gasteiger charge is 2.16. The fraction of sp³-hybridized carbons (Fsp3) is 0.389. The summed E-state index contributed by atoms with van der Waals surface area (Å²) < 4.78 is 5.25. The third kappa shape index (κ3) is 5.89. The number of nitrogens with one attached hydrogen (secondary N) is 2. The molecule has 8 heteroatoms. The minimum atomic E-state index is -0.712. The van der Waals surface area contributed by atoms with Crippen LogP contribution in [0.3, 0.4) is 0 Å². The van der Waals surface area contributed by atoms with Crippen molar-refractivity contribution in [3.63, 3.8) is 0 Å². The minimum absolute atomic E-state index is 0.522. The molecule has 0 spiro atoms. The molecule has 0 aliphatic rings. The monoisotopic (exact) mass is 376 g/mol. The van der Waals surface area contributed by atoms with Gasteiger partial charge in [-0.05, 0) is 52.1 Å². The molecule has 1 amide bonds. The van der Waals surface area contributed by atoms with Crippen molar-refractivity contribution in [3.8, 4) is 0 Å². The van der Waals surface area contributed by atoms with Gasteiger partial charge < -0.3 is 15.2 Å². The van der Waals surface area contributed by atoms with Crippen LogP contribution in [0.5, 0.6) is 0 Å². The fourth-order valence-electron chi connectivity index (χ4n) is 2.11. The molecule has 1 aromatic heterocycles. The van der Waals surface area contributed by atoms with E-state index in [0.29, 0.717) is 27.9 Å². The lowest BCUT2D eigenvalue weighted by molar-refractivity contribution is 0.0636. The number of hydrogen-bond donors (Lipinski definition) is 3. The number of aliphatic hydroxyl groups is 1. The van der Waals surface area contributed by atoms with E-state index in [2.05, 4.69) is 20.6 Å². The van der Waals surface area contributed by atoms with Crippen molar-refractivity contribution in [2.75, 3.05) is 16.9 Å². The van der Waals surface area contributed by atoms with Gasteiger partial charge in [-0.1, -0.05) is 17.8 Å². The summed E-state index contributed by atoms with van der Waals surface area (Å²) in [5.41, 5.74) is 1.32. The molecule has 1 unspecified atom stereocenters. The molecule has 7 nitrogen and oxygen atoms in total. The summed E-state index contributed by atoms with van der Waals surface area (Å²) in [6.45, 7) is 7.07. The average molecular weight is 376 g/mol. The maximum absolute atomic E-state index is 11.9. The highest BCUT2D eigenvalue weighted by molar-refractivity contribution is 7.98. The molecule has 0 saturated carbocycles. The second-order valence-corrected chi connectivity index (χ2v) is 7.44. The summed E-state index contributed by atoms with van der Waals surface area (Å²) in [4.78, 5) is 20.5. The minimum Gasteiger partial charge on any atom is -0.444 e. The predicted octanol–water partition coefficient (Wildman–Crippen LogP) is 4.34. The van der Waals surface area contributed by atoms with Gasteiger partial charge in [0.25, 0.3) is 0 Å². The first-order chi connectivity index (χ1) is 12.2. The largest absolute Gasteiger partial charge is 0.444 e. The van der Waals surface area contributed by atoms with Crippen LogP contribution in [0.2, 0.25) is 0 Å². The summed E-state index contributed by atoms with van der Waals surface area (Å²) >= 11 is 1.41. The number of aliphatic hydroxyl groups excluding tert-OH is 1. The Morgan fingerprint density at radius 1 is 1.31 bits per heavy atom. The van der Waals surface area contributed by atoms with E-state index in [4.69, 9.17) is 4.74 Å². The van der Waals surface area contributed by atoms with Gasteiger partial charge in [-0.3, -0.25) is 5.32 Å². The zero-order valence-corrected chi connectivity index (χ0v) is 16.3. The first-order valence-electron chi connectivity index (χ1n) is 8.14. The molecule has 26 heavy (non-hydrogen) atoms. The number of benzene rings is 1. The first-order valence-corrected chi connectivity index (χ1v) is 9.36. The van der Waals surface area contributed by atoms with Crippen LogP contribution in [-0.2, 0) is 4.74 Å². The number of nitrogens with zero attached hydrogens (tertiary/aromatic N) is 2. The summed E-state index contributed by atoms with van der Waals surface area (Å²) in [6.07, 6.45) is 2.25. The average Bonchev–Trinajstić information content (AvgIpc) is 2.52. The molecule has 0 radical (unpaired) electrons. The van der Waals surface area contributed by atoms with Crippen molar-refractivity contribution in [1.82, 2.24) is 9.97 Å². The molecule has 2 rings (SSSR count). The molecule has 0 bridgehead atoms. The number of thioether (sulfide) groups is 1. The molecule has 2 aromatic rings. The van der Waals surface area contributed by atoms with Crippen molar-refractivity contribution in [3.05, 3.63) is 36.0 Å². The molecule has 3 N–H and O–H groups in total. The lowest BCUT2D eigenvalue weighted by Crippen LogP contribution is -2.27. The Balaban J connectivity index is 2.20. The molecule has 0 aliphatic heterocycles. The third-order valence-electron chi connectivity index (χ3n) is 3.20. The van der Waals surface area contributed by atoms with Gasteiger partial charge in [0.05, 0.1) is 6.10 Å². The zero-order valence-electron chi connectivity index (χ0n) is 15.5. The number of amides is 1. The highest BCUT2D eigenvalue weighted by atomic mass is 32.2. The van der Waals surface area contributed by atoms with Gasteiger partial charge >= 0.3 is 6.09 Å². The Morgan fingerprint density at radius 3 is 2.62 bits per heavy atom. The van der Waals surface area contributed by atoms with Crippen LogP contribution >= 0.6 is 11.8 Å². The number of carbonyl (C=O) groups excluding carboxylic acids is 1. The van der Waals surface area contributed by atoms with Crippen molar-refractivity contribution in [2.45, 2.75) is 44.6 Å². The van der Waals surface area contributed by atoms with Gasteiger partial charge in [-0.25, -0.2) is 14.8 Å². The summed E-state index contributed by atoms with van der Waals surface area (Å²) in [5.74, 6) is 0.522. The standard InChI is InChI=1S/C18H24N4O3S/c1-11(23)14-10-19-16(26-5)22-15(14)20-12-7-6-8-13(9-12)21-17(24)25-18(2,3)4/h6-11,23H,1-5H3,(H,21,24)(H,19,20,22). The van der Waals surface area contributed by atoms with Gasteiger partial charge in [0, 0.05) is 23.1 Å². The number of ether oxygens (including phenoxy) is 1. The SMILES string of the molecule is CSc1ncc(C(C)O)c(Nc2cccc(NC(=O)OC(C)(C)C)c2)n1. The Bertz CT molecular complexity index is 775. The topological polar surface area (TPSA) is 96.4 Å². The smallest absolute Gasteiger partial charge is 0.412 e. The number of hydrogen-bond acceptors (Lipinski definition) is 7. The van der Waals surface area contributed by atoms with E-state index in [1.165, 1.54) is 11.8 Å². The molecule has 0 saturated heterocycles. The number of aromatic nitrogens is 2. The van der Waals surface area contributed by atoms with Crippen LogP contribution < -0.4 is 10.6 Å². The Morgan fingerprint density at radius 2 is 2.00 bits per heavy atom. The lowest BCUT2D eigenvalue weighted by Gasteiger charge is -2.20. The maximum atomic E-state index is 11.9. The van der Waals surface area contributed by atoms with Gasteiger partial charge in [0.2, 0.25) is 0 Å². The molecular formula is C18H24N4O3S. The Labute approximate surface area is 157 Å². The summed E-state index contributed by atoms with van der Waals surface area (Å²) in [5, 5.41) is 16.4. The van der Waals surface area contributed by atoms with E-state index in [1.54, 1.807) is 52.1 Å². The van der Waals surface area contributed by atoms with E-state index in [0.717, 1.165) is 0 Å². The number of rotatable bonds is 5. The second-order valence-electron chi connectivity index (χ2n) is 6.67. The number of anilines is 3. The van der Waals surface area contributed by atoms with E-state index in [-0.39, 0.29) is 0 Å². The first kappa shape index (κ1) is 20.0.